The Morgan fingerprint density at radius 2 is 2.05 bits per heavy atom. The predicted molar refractivity (Wildman–Crippen MR) is 77.2 cm³/mol. The number of nitrogens with zero attached hydrogens (tertiary/aromatic N) is 3. The highest BCUT2D eigenvalue weighted by molar-refractivity contribution is 7.98. The van der Waals surface area contributed by atoms with E-state index < -0.39 is 0 Å². The maximum absolute atomic E-state index is 12.4. The van der Waals surface area contributed by atoms with Gasteiger partial charge in [0.25, 0.3) is 5.91 Å². The van der Waals surface area contributed by atoms with Crippen LogP contribution < -0.4 is 0 Å². The maximum Gasteiger partial charge on any atom is 0.258 e. The van der Waals surface area contributed by atoms with E-state index in [0.717, 1.165) is 10.6 Å². The standard InChI is InChI=1S/C14H17N3OS/c1-16(9-11-7-5-4-6-8-11)14(18)12-10-17(2)15-13(12)19-3/h4-8,10H,9H2,1-3H3. The summed E-state index contributed by atoms with van der Waals surface area (Å²) in [6.07, 6.45) is 3.70. The van der Waals surface area contributed by atoms with Gasteiger partial charge in [-0.2, -0.15) is 5.10 Å². The highest BCUT2D eigenvalue weighted by Gasteiger charge is 2.18. The van der Waals surface area contributed by atoms with Gasteiger partial charge in [-0.25, -0.2) is 0 Å². The number of thioether (sulfide) groups is 1. The second-order valence-electron chi connectivity index (χ2n) is 4.37. The van der Waals surface area contributed by atoms with Gasteiger partial charge in [0.15, 0.2) is 0 Å². The van der Waals surface area contributed by atoms with Crippen molar-refractivity contribution in [1.29, 1.82) is 0 Å². The molecule has 2 rings (SSSR count). The largest absolute Gasteiger partial charge is 0.337 e. The van der Waals surface area contributed by atoms with E-state index in [0.29, 0.717) is 12.1 Å². The Balaban J connectivity index is 2.15. The molecule has 1 heterocycles. The van der Waals surface area contributed by atoms with Gasteiger partial charge in [0.05, 0.1) is 5.56 Å². The van der Waals surface area contributed by atoms with Gasteiger partial charge in [0.1, 0.15) is 5.03 Å². The van der Waals surface area contributed by atoms with Crippen LogP contribution in [0.4, 0.5) is 0 Å². The van der Waals surface area contributed by atoms with Gasteiger partial charge in [-0.3, -0.25) is 9.48 Å². The fourth-order valence-corrected chi connectivity index (χ4v) is 2.47. The average molecular weight is 275 g/mol. The minimum Gasteiger partial charge on any atom is -0.337 e. The molecule has 0 bridgehead atoms. The summed E-state index contributed by atoms with van der Waals surface area (Å²) in [5.41, 5.74) is 1.78. The zero-order valence-electron chi connectivity index (χ0n) is 11.3. The monoisotopic (exact) mass is 275 g/mol. The maximum atomic E-state index is 12.4. The molecule has 0 unspecified atom stereocenters. The van der Waals surface area contributed by atoms with Crippen LogP contribution in [0, 0.1) is 0 Å². The normalized spacial score (nSPS) is 10.5. The third kappa shape index (κ3) is 3.17. The first-order valence-corrected chi connectivity index (χ1v) is 7.21. The fraction of sp³-hybridized carbons (Fsp3) is 0.286. The summed E-state index contributed by atoms with van der Waals surface area (Å²) in [5.74, 6) is 0.00121. The Bertz CT molecular complexity index is 565. The number of carbonyl (C=O) groups is 1. The van der Waals surface area contributed by atoms with Crippen molar-refractivity contribution < 1.29 is 4.79 Å². The minimum absolute atomic E-state index is 0.00121. The lowest BCUT2D eigenvalue weighted by molar-refractivity contribution is 0.0781. The van der Waals surface area contributed by atoms with E-state index in [-0.39, 0.29) is 5.91 Å². The van der Waals surface area contributed by atoms with E-state index in [1.54, 1.807) is 15.8 Å². The van der Waals surface area contributed by atoms with Crippen LogP contribution in [-0.2, 0) is 13.6 Å². The molecule has 2 aromatic rings. The Labute approximate surface area is 117 Å². The molecular formula is C14H17N3OS. The minimum atomic E-state index is 0.00121. The van der Waals surface area contributed by atoms with Crippen molar-refractivity contribution in [2.45, 2.75) is 11.6 Å². The summed E-state index contributed by atoms with van der Waals surface area (Å²) in [6.45, 7) is 0.600. The first-order chi connectivity index (χ1) is 9.11. The summed E-state index contributed by atoms with van der Waals surface area (Å²) in [4.78, 5) is 14.1. The number of hydrogen-bond donors (Lipinski definition) is 0. The highest BCUT2D eigenvalue weighted by atomic mass is 32.2. The molecule has 0 aliphatic rings. The molecule has 1 aromatic heterocycles. The smallest absolute Gasteiger partial charge is 0.258 e. The first kappa shape index (κ1) is 13.7. The molecule has 5 heteroatoms. The van der Waals surface area contributed by atoms with Crippen LogP contribution in [0.2, 0.25) is 0 Å². The quantitative estimate of drug-likeness (QED) is 0.804. The van der Waals surface area contributed by atoms with E-state index in [9.17, 15) is 4.79 Å². The lowest BCUT2D eigenvalue weighted by atomic mass is 10.2. The SMILES string of the molecule is CSc1nn(C)cc1C(=O)N(C)Cc1ccccc1. The molecule has 100 valence electrons. The lowest BCUT2D eigenvalue weighted by Gasteiger charge is -2.16. The second-order valence-corrected chi connectivity index (χ2v) is 5.17. The Hall–Kier alpha value is -1.75. The number of carbonyl (C=O) groups excluding carboxylic acids is 1. The van der Waals surface area contributed by atoms with Crippen LogP contribution in [0.3, 0.4) is 0 Å². The third-order valence-corrected chi connectivity index (χ3v) is 3.52. The van der Waals surface area contributed by atoms with Crippen molar-refractivity contribution in [3.8, 4) is 0 Å². The zero-order valence-corrected chi connectivity index (χ0v) is 12.1. The molecule has 0 fully saturated rings. The molecule has 1 amide bonds. The van der Waals surface area contributed by atoms with Gasteiger partial charge < -0.3 is 4.90 Å². The van der Waals surface area contributed by atoms with Crippen molar-refractivity contribution in [1.82, 2.24) is 14.7 Å². The molecule has 4 nitrogen and oxygen atoms in total. The van der Waals surface area contributed by atoms with Crippen molar-refractivity contribution in [2.24, 2.45) is 7.05 Å². The summed E-state index contributed by atoms with van der Waals surface area (Å²) < 4.78 is 1.68. The Kier molecular flexibility index (Phi) is 4.27. The number of rotatable bonds is 4. The zero-order chi connectivity index (χ0) is 13.8. The van der Waals surface area contributed by atoms with Crippen molar-refractivity contribution >= 4 is 17.7 Å². The number of aromatic nitrogens is 2. The molecule has 1 aromatic carbocycles. The molecule has 0 atom stereocenters. The second kappa shape index (κ2) is 5.93. The highest BCUT2D eigenvalue weighted by Crippen LogP contribution is 2.19. The molecule has 0 saturated carbocycles. The topological polar surface area (TPSA) is 38.1 Å². The van der Waals surface area contributed by atoms with E-state index in [1.165, 1.54) is 11.8 Å². The molecule has 19 heavy (non-hydrogen) atoms. The molecule has 0 aliphatic heterocycles. The van der Waals surface area contributed by atoms with Crippen molar-refractivity contribution in [3.63, 3.8) is 0 Å². The van der Waals surface area contributed by atoms with Gasteiger partial charge in [-0.1, -0.05) is 30.3 Å². The van der Waals surface area contributed by atoms with Crippen LogP contribution in [-0.4, -0.2) is 33.9 Å². The lowest BCUT2D eigenvalue weighted by Crippen LogP contribution is -2.26. The molecular weight excluding hydrogens is 258 g/mol. The van der Waals surface area contributed by atoms with E-state index in [2.05, 4.69) is 5.10 Å². The van der Waals surface area contributed by atoms with Crippen LogP contribution >= 0.6 is 11.8 Å². The third-order valence-electron chi connectivity index (χ3n) is 2.83. The number of amides is 1. The number of benzene rings is 1. The van der Waals surface area contributed by atoms with Crippen LogP contribution in [0.25, 0.3) is 0 Å². The summed E-state index contributed by atoms with van der Waals surface area (Å²) in [6, 6.07) is 9.96. The molecule has 0 saturated heterocycles. The summed E-state index contributed by atoms with van der Waals surface area (Å²) in [7, 11) is 3.64. The summed E-state index contributed by atoms with van der Waals surface area (Å²) in [5, 5.41) is 5.04. The average Bonchev–Trinajstić information content (AvgIpc) is 2.80. The number of hydrogen-bond acceptors (Lipinski definition) is 3. The van der Waals surface area contributed by atoms with Crippen LogP contribution in [0.15, 0.2) is 41.6 Å². The fourth-order valence-electron chi connectivity index (χ4n) is 1.90. The molecule has 0 radical (unpaired) electrons. The van der Waals surface area contributed by atoms with Gasteiger partial charge >= 0.3 is 0 Å². The molecule has 0 aliphatic carbocycles. The van der Waals surface area contributed by atoms with Gasteiger partial charge in [-0.05, 0) is 11.8 Å². The number of aryl methyl sites for hydroxylation is 1. The van der Waals surface area contributed by atoms with Gasteiger partial charge in [0.2, 0.25) is 0 Å². The van der Waals surface area contributed by atoms with Crippen LogP contribution in [0.1, 0.15) is 15.9 Å². The Morgan fingerprint density at radius 3 is 2.68 bits per heavy atom. The van der Waals surface area contributed by atoms with Crippen molar-refractivity contribution in [3.05, 3.63) is 47.7 Å². The van der Waals surface area contributed by atoms with Crippen LogP contribution in [0.5, 0.6) is 0 Å². The summed E-state index contributed by atoms with van der Waals surface area (Å²) >= 11 is 1.49. The molecule has 0 N–H and O–H groups in total. The predicted octanol–water partition coefficient (Wildman–Crippen LogP) is 2.41. The van der Waals surface area contributed by atoms with Gasteiger partial charge in [-0.15, -0.1) is 11.8 Å². The van der Waals surface area contributed by atoms with E-state index in [1.807, 2.05) is 50.7 Å². The Morgan fingerprint density at radius 1 is 1.37 bits per heavy atom. The van der Waals surface area contributed by atoms with E-state index in [4.69, 9.17) is 0 Å². The van der Waals surface area contributed by atoms with E-state index >= 15 is 0 Å². The van der Waals surface area contributed by atoms with Crippen molar-refractivity contribution in [2.75, 3.05) is 13.3 Å². The first-order valence-electron chi connectivity index (χ1n) is 5.99. The molecule has 0 spiro atoms. The van der Waals surface area contributed by atoms with Gasteiger partial charge in [0, 0.05) is 26.8 Å².